The van der Waals surface area contributed by atoms with E-state index >= 15 is 0 Å². The van der Waals surface area contributed by atoms with Crippen molar-refractivity contribution in [2.45, 2.75) is 6.61 Å². The fourth-order valence-corrected chi connectivity index (χ4v) is 2.98. The number of ether oxygens (including phenoxy) is 1. The van der Waals surface area contributed by atoms with Crippen molar-refractivity contribution >= 4 is 17.3 Å². The van der Waals surface area contributed by atoms with E-state index in [-0.39, 0.29) is 0 Å². The first-order chi connectivity index (χ1) is 10.8. The van der Waals surface area contributed by atoms with Crippen molar-refractivity contribution in [2.24, 2.45) is 0 Å². The predicted octanol–water partition coefficient (Wildman–Crippen LogP) is 4.69. The van der Waals surface area contributed by atoms with Crippen molar-refractivity contribution in [2.75, 3.05) is 0 Å². The van der Waals surface area contributed by atoms with E-state index in [2.05, 4.69) is 0 Å². The van der Waals surface area contributed by atoms with Gasteiger partial charge in [0.05, 0.1) is 0 Å². The summed E-state index contributed by atoms with van der Waals surface area (Å²) in [5.41, 5.74) is 2.57. The summed E-state index contributed by atoms with van der Waals surface area (Å²) in [6.45, 7) is 0.449. The standard InChI is InChI=1S/C18H14O3S/c19-18(20)17-15(10-11-22-17)14-8-4-5-9-16(14)21-12-13-6-2-1-3-7-13/h1-11H,12H2,(H,19,20). The molecule has 2 aromatic carbocycles. The van der Waals surface area contributed by atoms with Gasteiger partial charge >= 0.3 is 5.97 Å². The Morgan fingerprint density at radius 2 is 1.68 bits per heavy atom. The lowest BCUT2D eigenvalue weighted by Gasteiger charge is -2.11. The number of carboxylic acids is 1. The predicted molar refractivity (Wildman–Crippen MR) is 87.5 cm³/mol. The van der Waals surface area contributed by atoms with Gasteiger partial charge in [0.25, 0.3) is 0 Å². The highest BCUT2D eigenvalue weighted by Gasteiger charge is 2.16. The van der Waals surface area contributed by atoms with Crippen molar-refractivity contribution in [3.63, 3.8) is 0 Å². The Morgan fingerprint density at radius 3 is 2.45 bits per heavy atom. The molecule has 1 heterocycles. The number of hydrogen-bond donors (Lipinski definition) is 1. The molecule has 0 spiro atoms. The van der Waals surface area contributed by atoms with Crippen LogP contribution in [-0.4, -0.2) is 11.1 Å². The summed E-state index contributed by atoms with van der Waals surface area (Å²) in [6, 6.07) is 19.2. The van der Waals surface area contributed by atoms with E-state index in [1.54, 1.807) is 5.38 Å². The summed E-state index contributed by atoms with van der Waals surface area (Å²) in [4.78, 5) is 11.6. The SMILES string of the molecule is O=C(O)c1sccc1-c1ccccc1OCc1ccccc1. The average Bonchev–Trinajstić information content (AvgIpc) is 3.04. The minimum absolute atomic E-state index is 0.329. The van der Waals surface area contributed by atoms with E-state index in [9.17, 15) is 9.90 Å². The Labute approximate surface area is 132 Å². The lowest BCUT2D eigenvalue weighted by Crippen LogP contribution is -1.99. The summed E-state index contributed by atoms with van der Waals surface area (Å²) in [5, 5.41) is 11.1. The molecule has 0 saturated heterocycles. The fraction of sp³-hybridized carbons (Fsp3) is 0.0556. The molecule has 0 radical (unpaired) electrons. The molecule has 0 aliphatic rings. The molecule has 0 saturated carbocycles. The Hall–Kier alpha value is -2.59. The number of aromatic carboxylic acids is 1. The largest absolute Gasteiger partial charge is 0.488 e. The zero-order chi connectivity index (χ0) is 15.4. The molecule has 1 N–H and O–H groups in total. The van der Waals surface area contributed by atoms with Crippen molar-refractivity contribution < 1.29 is 14.6 Å². The molecule has 0 aliphatic carbocycles. The first-order valence-corrected chi connectivity index (χ1v) is 7.70. The van der Waals surface area contributed by atoms with Crippen molar-refractivity contribution in [1.29, 1.82) is 0 Å². The Bertz CT molecular complexity index is 778. The van der Waals surface area contributed by atoms with Crippen LogP contribution in [0.2, 0.25) is 0 Å². The van der Waals surface area contributed by atoms with Crippen LogP contribution in [0.25, 0.3) is 11.1 Å². The van der Waals surface area contributed by atoms with Crippen LogP contribution in [0, 0.1) is 0 Å². The highest BCUT2D eigenvalue weighted by molar-refractivity contribution is 7.12. The first kappa shape index (κ1) is 14.4. The third kappa shape index (κ3) is 3.02. The summed E-state index contributed by atoms with van der Waals surface area (Å²) < 4.78 is 5.89. The number of benzene rings is 2. The molecule has 22 heavy (non-hydrogen) atoms. The highest BCUT2D eigenvalue weighted by atomic mass is 32.1. The quantitative estimate of drug-likeness (QED) is 0.743. The third-order valence-corrected chi connectivity index (χ3v) is 4.18. The van der Waals surface area contributed by atoms with Gasteiger partial charge < -0.3 is 9.84 Å². The highest BCUT2D eigenvalue weighted by Crippen LogP contribution is 2.35. The lowest BCUT2D eigenvalue weighted by atomic mass is 10.1. The smallest absolute Gasteiger partial charge is 0.346 e. The fourth-order valence-electron chi connectivity index (χ4n) is 2.24. The van der Waals surface area contributed by atoms with E-state index in [0.29, 0.717) is 22.8 Å². The lowest BCUT2D eigenvalue weighted by molar-refractivity contribution is 0.0703. The van der Waals surface area contributed by atoms with Gasteiger partial charge in [-0.15, -0.1) is 11.3 Å². The van der Waals surface area contributed by atoms with Crippen LogP contribution in [0.5, 0.6) is 5.75 Å². The zero-order valence-electron chi connectivity index (χ0n) is 11.7. The van der Waals surface area contributed by atoms with E-state index in [0.717, 1.165) is 11.1 Å². The Kier molecular flexibility index (Phi) is 4.21. The second-order valence-electron chi connectivity index (χ2n) is 4.74. The molecule has 0 aliphatic heterocycles. The number of thiophene rings is 1. The Balaban J connectivity index is 1.90. The summed E-state index contributed by atoms with van der Waals surface area (Å²) in [6.07, 6.45) is 0. The molecule has 3 aromatic rings. The Morgan fingerprint density at radius 1 is 0.955 bits per heavy atom. The number of hydrogen-bond acceptors (Lipinski definition) is 3. The number of carboxylic acid groups (broad SMARTS) is 1. The van der Waals surface area contributed by atoms with E-state index in [1.807, 2.05) is 60.7 Å². The molecule has 0 unspecified atom stereocenters. The topological polar surface area (TPSA) is 46.5 Å². The third-order valence-electron chi connectivity index (χ3n) is 3.27. The second kappa shape index (κ2) is 6.45. The van der Waals surface area contributed by atoms with Crippen LogP contribution in [0.1, 0.15) is 15.2 Å². The minimum atomic E-state index is -0.914. The molecular formula is C18H14O3S. The van der Waals surface area contributed by atoms with Crippen LogP contribution >= 0.6 is 11.3 Å². The average molecular weight is 310 g/mol. The van der Waals surface area contributed by atoms with E-state index < -0.39 is 5.97 Å². The molecule has 110 valence electrons. The molecule has 0 fully saturated rings. The van der Waals surface area contributed by atoms with Crippen LogP contribution in [0.15, 0.2) is 66.0 Å². The van der Waals surface area contributed by atoms with Gasteiger partial charge in [-0.25, -0.2) is 4.79 Å². The monoisotopic (exact) mass is 310 g/mol. The number of para-hydroxylation sites is 1. The maximum atomic E-state index is 11.3. The normalized spacial score (nSPS) is 10.4. The second-order valence-corrected chi connectivity index (χ2v) is 5.66. The molecule has 0 atom stereocenters. The molecular weight excluding hydrogens is 296 g/mol. The van der Waals surface area contributed by atoms with Crippen molar-refractivity contribution in [3.05, 3.63) is 76.5 Å². The number of carbonyl (C=O) groups is 1. The van der Waals surface area contributed by atoms with Gasteiger partial charge in [-0.05, 0) is 23.1 Å². The van der Waals surface area contributed by atoms with Gasteiger partial charge in [0, 0.05) is 11.1 Å². The summed E-state index contributed by atoms with van der Waals surface area (Å²) in [5.74, 6) is -0.227. The maximum absolute atomic E-state index is 11.3. The van der Waals surface area contributed by atoms with E-state index in [1.165, 1.54) is 11.3 Å². The molecule has 3 rings (SSSR count). The van der Waals surface area contributed by atoms with Crippen molar-refractivity contribution in [3.8, 4) is 16.9 Å². The van der Waals surface area contributed by atoms with Gasteiger partial charge in [0.2, 0.25) is 0 Å². The zero-order valence-corrected chi connectivity index (χ0v) is 12.5. The molecule has 0 bridgehead atoms. The van der Waals surface area contributed by atoms with Crippen LogP contribution in [0.4, 0.5) is 0 Å². The van der Waals surface area contributed by atoms with Crippen molar-refractivity contribution in [1.82, 2.24) is 0 Å². The number of rotatable bonds is 5. The van der Waals surface area contributed by atoms with Crippen LogP contribution in [0.3, 0.4) is 0 Å². The van der Waals surface area contributed by atoms with Gasteiger partial charge in [-0.3, -0.25) is 0 Å². The van der Waals surface area contributed by atoms with Crippen LogP contribution in [-0.2, 0) is 6.61 Å². The molecule has 4 heteroatoms. The first-order valence-electron chi connectivity index (χ1n) is 6.82. The summed E-state index contributed by atoms with van der Waals surface area (Å²) >= 11 is 1.22. The van der Waals surface area contributed by atoms with Crippen LogP contribution < -0.4 is 4.74 Å². The van der Waals surface area contributed by atoms with Gasteiger partial charge in [-0.1, -0.05) is 48.5 Å². The van der Waals surface area contributed by atoms with E-state index in [4.69, 9.17) is 4.74 Å². The summed E-state index contributed by atoms with van der Waals surface area (Å²) in [7, 11) is 0. The van der Waals surface area contributed by atoms with Gasteiger partial charge in [0.1, 0.15) is 17.2 Å². The van der Waals surface area contributed by atoms with Gasteiger partial charge in [0.15, 0.2) is 0 Å². The molecule has 1 aromatic heterocycles. The minimum Gasteiger partial charge on any atom is -0.488 e. The van der Waals surface area contributed by atoms with Gasteiger partial charge in [-0.2, -0.15) is 0 Å². The maximum Gasteiger partial charge on any atom is 0.346 e. The molecule has 3 nitrogen and oxygen atoms in total. The molecule has 0 amide bonds.